The normalized spacial score (nSPS) is 10.5. The summed E-state index contributed by atoms with van der Waals surface area (Å²) in [7, 11) is 0. The highest BCUT2D eigenvalue weighted by molar-refractivity contribution is 7.11. The fourth-order valence-electron chi connectivity index (χ4n) is 1.81. The first-order chi connectivity index (χ1) is 8.97. The predicted molar refractivity (Wildman–Crippen MR) is 74.1 cm³/mol. The van der Waals surface area contributed by atoms with Gasteiger partial charge in [0.15, 0.2) is 5.69 Å². The molecule has 5 heteroatoms. The zero-order valence-electron chi connectivity index (χ0n) is 11.1. The molecule has 0 fully saturated rings. The summed E-state index contributed by atoms with van der Waals surface area (Å²) in [6, 6.07) is 5.95. The Hall–Kier alpha value is -1.88. The van der Waals surface area contributed by atoms with E-state index in [9.17, 15) is 4.79 Å². The lowest BCUT2D eigenvalue weighted by atomic mass is 10.1. The van der Waals surface area contributed by atoms with E-state index in [1.54, 1.807) is 6.92 Å². The Balaban J connectivity index is 2.10. The SMILES string of the molecule is Cc1ccc(OCc2nc(C(=O)O)c(C)s2)c(C)c1. The van der Waals surface area contributed by atoms with Crippen LogP contribution in [0.5, 0.6) is 5.75 Å². The number of thiazole rings is 1. The Morgan fingerprint density at radius 2 is 2.11 bits per heavy atom. The van der Waals surface area contributed by atoms with Crippen molar-refractivity contribution in [3.05, 3.63) is 44.9 Å². The third-order valence-corrected chi connectivity index (χ3v) is 3.67. The maximum atomic E-state index is 10.9. The van der Waals surface area contributed by atoms with Crippen molar-refractivity contribution < 1.29 is 14.6 Å². The monoisotopic (exact) mass is 277 g/mol. The molecule has 4 nitrogen and oxygen atoms in total. The second kappa shape index (κ2) is 5.40. The molecule has 1 aromatic carbocycles. The number of aryl methyl sites for hydroxylation is 3. The second-order valence-electron chi connectivity index (χ2n) is 4.38. The summed E-state index contributed by atoms with van der Waals surface area (Å²) in [6.45, 7) is 6.06. The number of benzene rings is 1. The predicted octanol–water partition coefficient (Wildman–Crippen LogP) is 3.35. The fraction of sp³-hybridized carbons (Fsp3) is 0.286. The van der Waals surface area contributed by atoms with Gasteiger partial charge in [-0.05, 0) is 32.4 Å². The Morgan fingerprint density at radius 1 is 1.37 bits per heavy atom. The van der Waals surface area contributed by atoms with Gasteiger partial charge in [-0.15, -0.1) is 11.3 Å². The molecule has 19 heavy (non-hydrogen) atoms. The number of carboxylic acids is 1. The molecule has 0 unspecified atom stereocenters. The first-order valence-corrected chi connectivity index (χ1v) is 6.68. The van der Waals surface area contributed by atoms with Gasteiger partial charge in [0.05, 0.1) is 0 Å². The van der Waals surface area contributed by atoms with E-state index in [-0.39, 0.29) is 5.69 Å². The summed E-state index contributed by atoms with van der Waals surface area (Å²) >= 11 is 1.35. The molecule has 2 rings (SSSR count). The third kappa shape index (κ3) is 3.12. The summed E-state index contributed by atoms with van der Waals surface area (Å²) < 4.78 is 5.68. The molecule has 0 aliphatic heterocycles. The quantitative estimate of drug-likeness (QED) is 0.931. The highest BCUT2D eigenvalue weighted by Crippen LogP contribution is 2.22. The first-order valence-electron chi connectivity index (χ1n) is 5.87. The molecule has 0 bridgehead atoms. The van der Waals surface area contributed by atoms with Crippen LogP contribution in [0.4, 0.5) is 0 Å². The third-order valence-electron chi connectivity index (χ3n) is 2.73. The smallest absolute Gasteiger partial charge is 0.355 e. The van der Waals surface area contributed by atoms with Crippen LogP contribution in [-0.2, 0) is 6.61 Å². The number of rotatable bonds is 4. The summed E-state index contributed by atoms with van der Waals surface area (Å²) in [5.74, 6) is -0.193. The molecule has 0 radical (unpaired) electrons. The number of aromatic nitrogens is 1. The zero-order valence-corrected chi connectivity index (χ0v) is 11.9. The van der Waals surface area contributed by atoms with Crippen LogP contribution >= 0.6 is 11.3 Å². The number of carbonyl (C=O) groups is 1. The van der Waals surface area contributed by atoms with Crippen LogP contribution in [0, 0.1) is 20.8 Å². The lowest BCUT2D eigenvalue weighted by Crippen LogP contribution is -2.01. The van der Waals surface area contributed by atoms with Gasteiger partial charge in [0, 0.05) is 4.88 Å². The van der Waals surface area contributed by atoms with Gasteiger partial charge >= 0.3 is 5.97 Å². The van der Waals surface area contributed by atoms with Crippen LogP contribution in [0.3, 0.4) is 0 Å². The molecule has 0 saturated heterocycles. The summed E-state index contributed by atoms with van der Waals surface area (Å²) in [4.78, 5) is 15.7. The molecule has 0 spiro atoms. The number of hydrogen-bond acceptors (Lipinski definition) is 4. The van der Waals surface area contributed by atoms with Gasteiger partial charge in [0.2, 0.25) is 0 Å². The van der Waals surface area contributed by atoms with E-state index < -0.39 is 5.97 Å². The zero-order chi connectivity index (χ0) is 14.0. The number of carboxylic acid groups (broad SMARTS) is 1. The molecule has 0 aliphatic carbocycles. The lowest BCUT2D eigenvalue weighted by Gasteiger charge is -2.07. The Kier molecular flexibility index (Phi) is 3.85. The van der Waals surface area contributed by atoms with Gasteiger partial charge in [0.1, 0.15) is 17.4 Å². The minimum Gasteiger partial charge on any atom is -0.486 e. The molecule has 1 N–H and O–H groups in total. The molecular formula is C14H15NO3S. The number of aromatic carboxylic acids is 1. The van der Waals surface area contributed by atoms with E-state index in [0.717, 1.165) is 11.3 Å². The van der Waals surface area contributed by atoms with E-state index in [0.29, 0.717) is 16.5 Å². The van der Waals surface area contributed by atoms with Crippen LogP contribution in [0.25, 0.3) is 0 Å². The second-order valence-corrected chi connectivity index (χ2v) is 5.66. The Morgan fingerprint density at radius 3 is 2.68 bits per heavy atom. The van der Waals surface area contributed by atoms with Gasteiger partial charge in [-0.1, -0.05) is 17.7 Å². The molecule has 2 aromatic rings. The first kappa shape index (κ1) is 13.5. The summed E-state index contributed by atoms with van der Waals surface area (Å²) in [6.07, 6.45) is 0. The molecule has 0 amide bonds. The Bertz CT molecular complexity index is 619. The highest BCUT2D eigenvalue weighted by atomic mass is 32.1. The van der Waals surface area contributed by atoms with Crippen molar-refractivity contribution >= 4 is 17.3 Å². The van der Waals surface area contributed by atoms with Crippen LogP contribution in [0.1, 0.15) is 31.5 Å². The van der Waals surface area contributed by atoms with E-state index in [4.69, 9.17) is 9.84 Å². The number of ether oxygens (including phenoxy) is 1. The Labute approximate surface area is 115 Å². The van der Waals surface area contributed by atoms with Crippen molar-refractivity contribution in [1.29, 1.82) is 0 Å². The van der Waals surface area contributed by atoms with Crippen molar-refractivity contribution in [2.75, 3.05) is 0 Å². The van der Waals surface area contributed by atoms with Crippen molar-refractivity contribution in [3.63, 3.8) is 0 Å². The molecule has 100 valence electrons. The maximum Gasteiger partial charge on any atom is 0.355 e. The summed E-state index contributed by atoms with van der Waals surface area (Å²) in [5.41, 5.74) is 2.36. The van der Waals surface area contributed by atoms with Crippen molar-refractivity contribution in [2.24, 2.45) is 0 Å². The largest absolute Gasteiger partial charge is 0.486 e. The van der Waals surface area contributed by atoms with E-state index in [2.05, 4.69) is 4.98 Å². The van der Waals surface area contributed by atoms with Gasteiger partial charge in [-0.25, -0.2) is 9.78 Å². The minimum atomic E-state index is -0.994. The molecule has 1 heterocycles. The maximum absolute atomic E-state index is 10.9. The average Bonchev–Trinajstić information content (AvgIpc) is 2.69. The van der Waals surface area contributed by atoms with Gasteiger partial charge in [-0.3, -0.25) is 0 Å². The van der Waals surface area contributed by atoms with E-state index >= 15 is 0 Å². The van der Waals surface area contributed by atoms with Crippen LogP contribution in [0.15, 0.2) is 18.2 Å². The van der Waals surface area contributed by atoms with Crippen molar-refractivity contribution in [2.45, 2.75) is 27.4 Å². The molecule has 0 aliphatic rings. The topological polar surface area (TPSA) is 59.4 Å². The lowest BCUT2D eigenvalue weighted by molar-refractivity contribution is 0.0690. The van der Waals surface area contributed by atoms with Gasteiger partial charge < -0.3 is 9.84 Å². The van der Waals surface area contributed by atoms with E-state index in [1.165, 1.54) is 16.9 Å². The average molecular weight is 277 g/mol. The van der Waals surface area contributed by atoms with Crippen LogP contribution in [0.2, 0.25) is 0 Å². The van der Waals surface area contributed by atoms with Crippen LogP contribution in [-0.4, -0.2) is 16.1 Å². The number of hydrogen-bond donors (Lipinski definition) is 1. The summed E-state index contributed by atoms with van der Waals surface area (Å²) in [5, 5.41) is 9.62. The fourth-order valence-corrected chi connectivity index (χ4v) is 2.65. The van der Waals surface area contributed by atoms with Crippen LogP contribution < -0.4 is 4.74 Å². The standard InChI is InChI=1S/C14H15NO3S/c1-8-4-5-11(9(2)6-8)18-7-12-15-13(14(16)17)10(3)19-12/h4-6H,7H2,1-3H3,(H,16,17). The molecular weight excluding hydrogens is 262 g/mol. The molecule has 0 atom stereocenters. The van der Waals surface area contributed by atoms with Crippen molar-refractivity contribution in [3.8, 4) is 5.75 Å². The highest BCUT2D eigenvalue weighted by Gasteiger charge is 2.14. The molecule has 1 aromatic heterocycles. The number of nitrogens with zero attached hydrogens (tertiary/aromatic N) is 1. The van der Waals surface area contributed by atoms with Crippen molar-refractivity contribution in [1.82, 2.24) is 4.98 Å². The van der Waals surface area contributed by atoms with Gasteiger partial charge in [-0.2, -0.15) is 0 Å². The molecule has 0 saturated carbocycles. The minimum absolute atomic E-state index is 0.115. The van der Waals surface area contributed by atoms with E-state index in [1.807, 2.05) is 32.0 Å². The van der Waals surface area contributed by atoms with Gasteiger partial charge in [0.25, 0.3) is 0 Å².